The lowest BCUT2D eigenvalue weighted by Crippen LogP contribution is -2.13. The average Bonchev–Trinajstić information content (AvgIpc) is 3.04. The zero-order valence-corrected chi connectivity index (χ0v) is 13.4. The average molecular weight is 347 g/mol. The lowest BCUT2D eigenvalue weighted by Gasteiger charge is -2.05. The number of ketones is 1. The maximum atomic E-state index is 12.9. The highest BCUT2D eigenvalue weighted by Gasteiger charge is 2.13. The fourth-order valence-corrected chi connectivity index (χ4v) is 2.34. The first kappa shape index (κ1) is 16.1. The summed E-state index contributed by atoms with van der Waals surface area (Å²) in [6, 6.07) is 10.5. The highest BCUT2D eigenvalue weighted by molar-refractivity contribution is 6.32. The summed E-state index contributed by atoms with van der Waals surface area (Å²) in [7, 11) is 1.50. The molecule has 24 heavy (non-hydrogen) atoms. The molecule has 0 radical (unpaired) electrons. The first-order valence-electron chi connectivity index (χ1n) is 6.97. The van der Waals surface area contributed by atoms with Crippen molar-refractivity contribution in [2.45, 2.75) is 6.54 Å². The van der Waals surface area contributed by atoms with Crippen LogP contribution in [0.25, 0.3) is 11.4 Å². The minimum Gasteiger partial charge on any atom is -0.495 e. The molecule has 2 aromatic carbocycles. The Morgan fingerprint density at radius 1 is 1.25 bits per heavy atom. The van der Waals surface area contributed by atoms with Crippen LogP contribution in [-0.2, 0) is 6.54 Å². The first-order chi connectivity index (χ1) is 11.6. The van der Waals surface area contributed by atoms with E-state index in [9.17, 15) is 9.18 Å². The van der Waals surface area contributed by atoms with Crippen molar-refractivity contribution in [3.63, 3.8) is 0 Å². The van der Waals surface area contributed by atoms with Gasteiger partial charge in [-0.3, -0.25) is 4.79 Å². The Labute approximate surface area is 141 Å². The number of halogens is 2. The van der Waals surface area contributed by atoms with Crippen molar-refractivity contribution >= 4 is 17.4 Å². The molecular weight excluding hydrogens is 335 g/mol. The quantitative estimate of drug-likeness (QED) is 0.664. The Morgan fingerprint density at radius 2 is 2.00 bits per heavy atom. The van der Waals surface area contributed by atoms with Crippen LogP contribution in [0.4, 0.5) is 4.39 Å². The molecule has 0 N–H and O–H groups in total. The van der Waals surface area contributed by atoms with Gasteiger partial charge in [0, 0.05) is 11.1 Å². The third kappa shape index (κ3) is 3.41. The molecule has 3 aromatic rings. The Bertz CT molecular complexity index is 880. The zero-order valence-electron chi connectivity index (χ0n) is 12.6. The van der Waals surface area contributed by atoms with Crippen LogP contribution in [0.5, 0.6) is 5.75 Å². The molecule has 0 spiro atoms. The lowest BCUT2D eigenvalue weighted by atomic mass is 10.1. The Morgan fingerprint density at radius 3 is 2.67 bits per heavy atom. The molecule has 0 aliphatic carbocycles. The minimum atomic E-state index is -0.349. The second-order valence-corrected chi connectivity index (χ2v) is 5.33. The third-order valence-corrected chi connectivity index (χ3v) is 3.61. The highest BCUT2D eigenvalue weighted by Crippen LogP contribution is 2.25. The maximum absolute atomic E-state index is 12.9. The topological polar surface area (TPSA) is 69.9 Å². The van der Waals surface area contributed by atoms with E-state index in [2.05, 4.69) is 15.4 Å². The molecule has 0 atom stereocenters. The van der Waals surface area contributed by atoms with E-state index < -0.39 is 0 Å². The van der Waals surface area contributed by atoms with Gasteiger partial charge in [-0.15, -0.1) is 10.2 Å². The number of aromatic nitrogens is 4. The van der Waals surface area contributed by atoms with Gasteiger partial charge in [-0.2, -0.15) is 4.80 Å². The van der Waals surface area contributed by atoms with E-state index in [-0.39, 0.29) is 18.1 Å². The summed E-state index contributed by atoms with van der Waals surface area (Å²) in [5, 5.41) is 12.2. The normalized spacial score (nSPS) is 10.6. The number of Topliss-reactive ketones (excluding diaryl/α,β-unsaturated/α-hetero) is 1. The van der Waals surface area contributed by atoms with Gasteiger partial charge in [-0.05, 0) is 47.7 Å². The van der Waals surface area contributed by atoms with Crippen LogP contribution in [0, 0.1) is 5.82 Å². The SMILES string of the molecule is COc1ccc(C(=O)Cn2nnc(-c3ccc(F)cc3)n2)cc1Cl. The first-order valence-corrected chi connectivity index (χ1v) is 7.35. The number of carbonyl (C=O) groups is 1. The fourth-order valence-electron chi connectivity index (χ4n) is 2.08. The largest absolute Gasteiger partial charge is 0.495 e. The van der Waals surface area contributed by atoms with Crippen molar-refractivity contribution in [3.8, 4) is 17.1 Å². The van der Waals surface area contributed by atoms with Crippen LogP contribution < -0.4 is 4.74 Å². The van der Waals surface area contributed by atoms with Crippen LogP contribution in [0.3, 0.4) is 0 Å². The van der Waals surface area contributed by atoms with Crippen molar-refractivity contribution < 1.29 is 13.9 Å². The molecule has 8 heteroatoms. The van der Waals surface area contributed by atoms with Gasteiger partial charge in [0.15, 0.2) is 5.78 Å². The van der Waals surface area contributed by atoms with Crippen LogP contribution in [0.15, 0.2) is 42.5 Å². The molecule has 1 heterocycles. The number of ether oxygens (including phenoxy) is 1. The Kier molecular flexibility index (Phi) is 4.52. The second kappa shape index (κ2) is 6.76. The monoisotopic (exact) mass is 346 g/mol. The summed E-state index contributed by atoms with van der Waals surface area (Å²) in [6.45, 7) is -0.0865. The van der Waals surface area contributed by atoms with Crippen LogP contribution in [0.1, 0.15) is 10.4 Å². The molecule has 3 rings (SSSR count). The summed E-state index contributed by atoms with van der Waals surface area (Å²) in [5.74, 6) is 0.238. The van der Waals surface area contributed by atoms with Gasteiger partial charge in [-0.25, -0.2) is 4.39 Å². The van der Waals surface area contributed by atoms with E-state index in [0.29, 0.717) is 27.7 Å². The van der Waals surface area contributed by atoms with Crippen molar-refractivity contribution in [2.75, 3.05) is 7.11 Å². The third-order valence-electron chi connectivity index (χ3n) is 3.31. The predicted octanol–water partition coefficient (Wildman–Crippen LogP) is 3.02. The van der Waals surface area contributed by atoms with E-state index in [1.807, 2.05) is 0 Å². The molecule has 1 aromatic heterocycles. The molecular formula is C16H12ClFN4O2. The molecule has 6 nitrogen and oxygen atoms in total. The molecule has 0 fully saturated rings. The van der Waals surface area contributed by atoms with Crippen molar-refractivity contribution in [2.24, 2.45) is 0 Å². The number of rotatable bonds is 5. The van der Waals surface area contributed by atoms with Gasteiger partial charge in [-0.1, -0.05) is 11.6 Å². The molecule has 122 valence electrons. The van der Waals surface area contributed by atoms with Gasteiger partial charge >= 0.3 is 0 Å². The van der Waals surface area contributed by atoms with Crippen LogP contribution >= 0.6 is 11.6 Å². The standard InChI is InChI=1S/C16H12ClFN4O2/c1-24-15-7-4-11(8-13(15)17)14(23)9-22-20-16(19-21-22)10-2-5-12(18)6-3-10/h2-8H,9H2,1H3. The van der Waals surface area contributed by atoms with E-state index in [1.54, 1.807) is 24.3 Å². The van der Waals surface area contributed by atoms with Crippen LogP contribution in [0.2, 0.25) is 5.02 Å². The molecule has 0 aliphatic heterocycles. The number of carbonyl (C=O) groups excluding carboxylic acids is 1. The number of tetrazole rings is 1. The van der Waals surface area contributed by atoms with Gasteiger partial charge < -0.3 is 4.74 Å². The summed E-state index contributed by atoms with van der Waals surface area (Å²) in [6.07, 6.45) is 0. The lowest BCUT2D eigenvalue weighted by molar-refractivity contribution is 0.0961. The molecule has 0 amide bonds. The predicted molar refractivity (Wildman–Crippen MR) is 85.5 cm³/mol. The zero-order chi connectivity index (χ0) is 17.1. The van der Waals surface area contributed by atoms with Gasteiger partial charge in [0.2, 0.25) is 5.82 Å². The Hall–Kier alpha value is -2.80. The summed E-state index contributed by atoms with van der Waals surface area (Å²) < 4.78 is 18.0. The molecule has 0 saturated heterocycles. The molecule has 0 aliphatic rings. The van der Waals surface area contributed by atoms with Gasteiger partial charge in [0.1, 0.15) is 18.1 Å². The van der Waals surface area contributed by atoms with Crippen LogP contribution in [-0.4, -0.2) is 33.1 Å². The Balaban J connectivity index is 1.75. The minimum absolute atomic E-state index is 0.0865. The van der Waals surface area contributed by atoms with E-state index in [0.717, 1.165) is 0 Å². The maximum Gasteiger partial charge on any atom is 0.204 e. The number of benzene rings is 2. The van der Waals surface area contributed by atoms with Gasteiger partial charge in [0.25, 0.3) is 0 Å². The van der Waals surface area contributed by atoms with Gasteiger partial charge in [0.05, 0.1) is 12.1 Å². The summed E-state index contributed by atoms with van der Waals surface area (Å²) in [4.78, 5) is 13.5. The number of hydrogen-bond acceptors (Lipinski definition) is 5. The smallest absolute Gasteiger partial charge is 0.204 e. The number of methoxy groups -OCH3 is 1. The van der Waals surface area contributed by atoms with E-state index in [4.69, 9.17) is 16.3 Å². The number of hydrogen-bond donors (Lipinski definition) is 0. The van der Waals surface area contributed by atoms with E-state index in [1.165, 1.54) is 30.1 Å². The fraction of sp³-hybridized carbons (Fsp3) is 0.125. The number of nitrogens with zero attached hydrogens (tertiary/aromatic N) is 4. The second-order valence-electron chi connectivity index (χ2n) is 4.92. The highest BCUT2D eigenvalue weighted by atomic mass is 35.5. The molecule has 0 bridgehead atoms. The summed E-state index contributed by atoms with van der Waals surface area (Å²) in [5.41, 5.74) is 1.03. The van der Waals surface area contributed by atoms with E-state index >= 15 is 0 Å². The summed E-state index contributed by atoms with van der Waals surface area (Å²) >= 11 is 6.02. The molecule has 0 saturated carbocycles. The molecule has 0 unspecified atom stereocenters. The van der Waals surface area contributed by atoms with Crippen molar-refractivity contribution in [1.29, 1.82) is 0 Å². The van der Waals surface area contributed by atoms with Crippen molar-refractivity contribution in [3.05, 3.63) is 58.9 Å². The van der Waals surface area contributed by atoms with Crippen molar-refractivity contribution in [1.82, 2.24) is 20.2 Å².